The van der Waals surface area contributed by atoms with E-state index >= 15 is 0 Å². The number of ether oxygens (including phenoxy) is 1. The van der Waals surface area contributed by atoms with Gasteiger partial charge in [0, 0.05) is 6.07 Å². The van der Waals surface area contributed by atoms with Gasteiger partial charge in [-0.25, -0.2) is 15.8 Å². The quantitative estimate of drug-likeness (QED) is 0.339. The lowest BCUT2D eigenvalue weighted by atomic mass is 10.4. The van der Waals surface area contributed by atoms with Gasteiger partial charge in [0.15, 0.2) is 0 Å². The van der Waals surface area contributed by atoms with Gasteiger partial charge in [-0.3, -0.25) is 10.2 Å². The Bertz CT molecular complexity index is 289. The summed E-state index contributed by atoms with van der Waals surface area (Å²) in [5.74, 6) is 4.74. The lowest BCUT2D eigenvalue weighted by Gasteiger charge is -1.99. The number of aromatic nitrogens is 2. The zero-order valence-corrected chi connectivity index (χ0v) is 6.44. The first-order chi connectivity index (χ1) is 5.77. The van der Waals surface area contributed by atoms with E-state index in [1.165, 1.54) is 19.5 Å². The zero-order chi connectivity index (χ0) is 8.97. The maximum absolute atomic E-state index is 10.9. The van der Waals surface area contributed by atoms with Crippen molar-refractivity contribution >= 4 is 5.91 Å². The third kappa shape index (κ3) is 1.67. The number of hydrogen-bond acceptors (Lipinski definition) is 5. The second-order valence-electron chi connectivity index (χ2n) is 1.92. The molecule has 0 saturated carbocycles. The van der Waals surface area contributed by atoms with Gasteiger partial charge in [0.2, 0.25) is 5.88 Å². The number of methoxy groups -OCH3 is 1. The highest BCUT2D eigenvalue weighted by Crippen LogP contribution is 2.04. The molecular formula is C6H8N4O2. The van der Waals surface area contributed by atoms with Crippen LogP contribution in [0.25, 0.3) is 0 Å². The smallest absolute Gasteiger partial charge is 0.284 e. The van der Waals surface area contributed by atoms with Crippen molar-refractivity contribution in [2.45, 2.75) is 0 Å². The largest absolute Gasteiger partial charge is 0.481 e. The molecule has 0 unspecified atom stereocenters. The number of hydrazine groups is 1. The van der Waals surface area contributed by atoms with Gasteiger partial charge < -0.3 is 4.74 Å². The highest BCUT2D eigenvalue weighted by molar-refractivity contribution is 5.91. The van der Waals surface area contributed by atoms with Crippen molar-refractivity contribution < 1.29 is 9.53 Å². The first kappa shape index (κ1) is 8.41. The number of carbonyl (C=O) groups excluding carboxylic acids is 1. The van der Waals surface area contributed by atoms with Crippen molar-refractivity contribution in [1.29, 1.82) is 0 Å². The van der Waals surface area contributed by atoms with Crippen LogP contribution in [0.2, 0.25) is 0 Å². The fourth-order valence-electron chi connectivity index (χ4n) is 0.649. The predicted molar refractivity (Wildman–Crippen MR) is 40.2 cm³/mol. The molecule has 6 heteroatoms. The van der Waals surface area contributed by atoms with Crippen molar-refractivity contribution in [2.75, 3.05) is 7.11 Å². The number of nitrogens with two attached hydrogens (primary N) is 1. The molecule has 0 aliphatic carbocycles. The van der Waals surface area contributed by atoms with E-state index in [9.17, 15) is 4.79 Å². The molecule has 1 aromatic rings. The summed E-state index contributed by atoms with van der Waals surface area (Å²) in [6.45, 7) is 0. The molecule has 0 aromatic carbocycles. The van der Waals surface area contributed by atoms with Gasteiger partial charge in [-0.15, -0.1) is 0 Å². The van der Waals surface area contributed by atoms with Crippen LogP contribution in [0.1, 0.15) is 10.5 Å². The van der Waals surface area contributed by atoms with Crippen LogP contribution in [0.4, 0.5) is 0 Å². The van der Waals surface area contributed by atoms with Crippen LogP contribution >= 0.6 is 0 Å². The van der Waals surface area contributed by atoms with E-state index in [-0.39, 0.29) is 5.69 Å². The number of carbonyl (C=O) groups is 1. The SMILES string of the molecule is COc1cc(C(=O)NN)ncn1. The Morgan fingerprint density at radius 1 is 1.67 bits per heavy atom. The van der Waals surface area contributed by atoms with Gasteiger partial charge >= 0.3 is 0 Å². The number of amides is 1. The molecule has 1 aromatic heterocycles. The van der Waals surface area contributed by atoms with Crippen LogP contribution in [0.3, 0.4) is 0 Å². The number of rotatable bonds is 2. The number of nitrogens with zero attached hydrogens (tertiary/aromatic N) is 2. The minimum absolute atomic E-state index is 0.171. The molecule has 12 heavy (non-hydrogen) atoms. The average molecular weight is 168 g/mol. The Balaban J connectivity index is 2.93. The summed E-state index contributed by atoms with van der Waals surface area (Å²) in [6, 6.07) is 1.39. The Kier molecular flexibility index (Phi) is 2.54. The Morgan fingerprint density at radius 3 is 3.00 bits per heavy atom. The minimum Gasteiger partial charge on any atom is -0.481 e. The van der Waals surface area contributed by atoms with E-state index < -0.39 is 5.91 Å². The van der Waals surface area contributed by atoms with Crippen LogP contribution in [0.15, 0.2) is 12.4 Å². The summed E-state index contributed by atoms with van der Waals surface area (Å²) in [4.78, 5) is 18.3. The van der Waals surface area contributed by atoms with Crippen LogP contribution in [0.5, 0.6) is 5.88 Å². The molecule has 0 fully saturated rings. The fraction of sp³-hybridized carbons (Fsp3) is 0.167. The zero-order valence-electron chi connectivity index (χ0n) is 6.44. The maximum Gasteiger partial charge on any atom is 0.284 e. The first-order valence-corrected chi connectivity index (χ1v) is 3.15. The van der Waals surface area contributed by atoms with Gasteiger partial charge in [0.05, 0.1) is 7.11 Å². The second kappa shape index (κ2) is 3.63. The first-order valence-electron chi connectivity index (χ1n) is 3.15. The lowest BCUT2D eigenvalue weighted by Crippen LogP contribution is -2.30. The van der Waals surface area contributed by atoms with Crippen LogP contribution in [0, 0.1) is 0 Å². The highest BCUT2D eigenvalue weighted by Gasteiger charge is 2.05. The van der Waals surface area contributed by atoms with Crippen molar-refractivity contribution in [3.8, 4) is 5.88 Å². The second-order valence-corrected chi connectivity index (χ2v) is 1.92. The molecular weight excluding hydrogens is 160 g/mol. The van der Waals surface area contributed by atoms with Crippen molar-refractivity contribution in [2.24, 2.45) is 5.84 Å². The van der Waals surface area contributed by atoms with E-state index in [1.807, 2.05) is 5.43 Å². The molecule has 3 N–H and O–H groups in total. The summed E-state index contributed by atoms with van der Waals surface area (Å²) in [7, 11) is 1.45. The summed E-state index contributed by atoms with van der Waals surface area (Å²) >= 11 is 0. The van der Waals surface area contributed by atoms with Gasteiger partial charge in [-0.2, -0.15) is 0 Å². The summed E-state index contributed by atoms with van der Waals surface area (Å²) < 4.78 is 4.78. The predicted octanol–water partition coefficient (Wildman–Crippen LogP) is -0.911. The summed E-state index contributed by atoms with van der Waals surface area (Å²) in [5, 5.41) is 0. The maximum atomic E-state index is 10.9. The molecule has 0 radical (unpaired) electrons. The molecule has 0 bridgehead atoms. The van der Waals surface area contributed by atoms with Gasteiger partial charge in [-0.1, -0.05) is 0 Å². The van der Waals surface area contributed by atoms with E-state index in [0.29, 0.717) is 5.88 Å². The molecule has 0 spiro atoms. The van der Waals surface area contributed by atoms with E-state index in [0.717, 1.165) is 0 Å². The van der Waals surface area contributed by atoms with Gasteiger partial charge in [0.1, 0.15) is 12.0 Å². The third-order valence-corrected chi connectivity index (χ3v) is 1.21. The number of nitrogens with one attached hydrogen (secondary N) is 1. The highest BCUT2D eigenvalue weighted by atomic mass is 16.5. The molecule has 0 atom stereocenters. The Morgan fingerprint density at radius 2 is 2.42 bits per heavy atom. The molecule has 64 valence electrons. The molecule has 1 rings (SSSR count). The topological polar surface area (TPSA) is 90.1 Å². The molecule has 0 saturated heterocycles. The van der Waals surface area contributed by atoms with Crippen molar-refractivity contribution in [3.05, 3.63) is 18.1 Å². The average Bonchev–Trinajstić information content (AvgIpc) is 2.17. The van der Waals surface area contributed by atoms with E-state index in [2.05, 4.69) is 9.97 Å². The molecule has 1 amide bonds. The number of nitrogen functional groups attached to an aromatic ring is 1. The fourth-order valence-corrected chi connectivity index (χ4v) is 0.649. The monoisotopic (exact) mass is 168 g/mol. The van der Waals surface area contributed by atoms with Crippen LogP contribution < -0.4 is 16.0 Å². The number of hydrogen-bond donors (Lipinski definition) is 2. The molecule has 0 aliphatic heterocycles. The van der Waals surface area contributed by atoms with Gasteiger partial charge in [-0.05, 0) is 0 Å². The Labute approximate surface area is 68.7 Å². The van der Waals surface area contributed by atoms with Gasteiger partial charge in [0.25, 0.3) is 5.91 Å². The molecule has 6 nitrogen and oxygen atoms in total. The minimum atomic E-state index is -0.476. The van der Waals surface area contributed by atoms with E-state index in [1.54, 1.807) is 0 Å². The Hall–Kier alpha value is -1.69. The summed E-state index contributed by atoms with van der Waals surface area (Å²) in [5.41, 5.74) is 2.12. The summed E-state index contributed by atoms with van der Waals surface area (Å²) in [6.07, 6.45) is 1.23. The standard InChI is InChI=1S/C6H8N4O2/c1-12-5-2-4(6(11)10-7)8-3-9-5/h2-3H,7H2,1H3,(H,10,11). The lowest BCUT2D eigenvalue weighted by molar-refractivity contribution is 0.0948. The molecule has 1 heterocycles. The normalized spacial score (nSPS) is 9.17. The van der Waals surface area contributed by atoms with E-state index in [4.69, 9.17) is 10.6 Å². The van der Waals surface area contributed by atoms with Crippen LogP contribution in [-0.2, 0) is 0 Å². The third-order valence-electron chi connectivity index (χ3n) is 1.21. The van der Waals surface area contributed by atoms with Crippen LogP contribution in [-0.4, -0.2) is 23.0 Å². The van der Waals surface area contributed by atoms with Crippen molar-refractivity contribution in [3.63, 3.8) is 0 Å². The molecule has 0 aliphatic rings. The van der Waals surface area contributed by atoms with Crippen molar-refractivity contribution in [1.82, 2.24) is 15.4 Å².